The number of ketones is 1. The Morgan fingerprint density at radius 2 is 1.76 bits per heavy atom. The van der Waals surface area contributed by atoms with Gasteiger partial charge in [0, 0.05) is 5.56 Å². The van der Waals surface area contributed by atoms with Crippen LogP contribution in [0.2, 0.25) is 0 Å². The summed E-state index contributed by atoms with van der Waals surface area (Å²) in [5, 5.41) is 11.6. The van der Waals surface area contributed by atoms with Crippen LogP contribution in [0.15, 0.2) is 48.0 Å². The number of aliphatic hydroxyl groups is 1. The number of anilines is 1. The molecule has 1 atom stereocenters. The SMILES string of the molecule is CCCOc1ccc(/C(O)=C2/C(=O)C(=O)N(c3nc(C)c(C(=O)OC)s3)C2c2ccc(OC)cc2)c(C)c1. The zero-order valence-corrected chi connectivity index (χ0v) is 22.5. The molecule has 1 aliphatic heterocycles. The molecule has 1 unspecified atom stereocenters. The summed E-state index contributed by atoms with van der Waals surface area (Å²) in [6.45, 7) is 5.97. The smallest absolute Gasteiger partial charge is 0.350 e. The predicted octanol–water partition coefficient (Wildman–Crippen LogP) is 4.97. The zero-order chi connectivity index (χ0) is 27.6. The number of aliphatic hydroxyl groups excluding tert-OH is 1. The van der Waals surface area contributed by atoms with Crippen molar-refractivity contribution < 1.29 is 33.7 Å². The van der Waals surface area contributed by atoms with E-state index in [4.69, 9.17) is 14.2 Å². The second-order valence-electron chi connectivity index (χ2n) is 8.67. The number of benzene rings is 2. The molecule has 38 heavy (non-hydrogen) atoms. The van der Waals surface area contributed by atoms with Crippen molar-refractivity contribution in [3.63, 3.8) is 0 Å². The van der Waals surface area contributed by atoms with Crippen LogP contribution in [0.1, 0.15) is 51.4 Å². The highest BCUT2D eigenvalue weighted by molar-refractivity contribution is 7.17. The summed E-state index contributed by atoms with van der Waals surface area (Å²) >= 11 is 0.945. The molecule has 198 valence electrons. The molecular formula is C28H28N2O7S. The van der Waals surface area contributed by atoms with E-state index in [1.54, 1.807) is 56.3 Å². The normalized spacial score (nSPS) is 16.6. The van der Waals surface area contributed by atoms with E-state index in [1.807, 2.05) is 6.92 Å². The molecule has 1 saturated heterocycles. The molecule has 10 heteroatoms. The third-order valence-electron chi connectivity index (χ3n) is 6.16. The van der Waals surface area contributed by atoms with Crippen molar-refractivity contribution in [2.75, 3.05) is 25.7 Å². The quantitative estimate of drug-likeness (QED) is 0.186. The van der Waals surface area contributed by atoms with Gasteiger partial charge in [-0.25, -0.2) is 9.78 Å². The van der Waals surface area contributed by atoms with Crippen molar-refractivity contribution in [2.45, 2.75) is 33.2 Å². The maximum absolute atomic E-state index is 13.4. The Bertz CT molecular complexity index is 1430. The average molecular weight is 537 g/mol. The molecule has 0 spiro atoms. The monoisotopic (exact) mass is 536 g/mol. The number of aromatic nitrogens is 1. The Kier molecular flexibility index (Phi) is 7.82. The molecular weight excluding hydrogens is 508 g/mol. The van der Waals surface area contributed by atoms with Gasteiger partial charge in [0.05, 0.1) is 38.1 Å². The summed E-state index contributed by atoms with van der Waals surface area (Å²) in [5.41, 5.74) is 1.91. The number of hydrogen-bond acceptors (Lipinski definition) is 9. The summed E-state index contributed by atoms with van der Waals surface area (Å²) < 4.78 is 15.8. The largest absolute Gasteiger partial charge is 0.507 e. The fourth-order valence-electron chi connectivity index (χ4n) is 4.26. The number of methoxy groups -OCH3 is 2. The first kappa shape index (κ1) is 26.9. The van der Waals surface area contributed by atoms with Gasteiger partial charge in [0.25, 0.3) is 5.78 Å². The fourth-order valence-corrected chi connectivity index (χ4v) is 5.27. The number of aryl methyl sites for hydroxylation is 2. The van der Waals surface area contributed by atoms with Gasteiger partial charge < -0.3 is 19.3 Å². The van der Waals surface area contributed by atoms with Gasteiger partial charge in [-0.05, 0) is 61.7 Å². The minimum absolute atomic E-state index is 0.0852. The van der Waals surface area contributed by atoms with Crippen molar-refractivity contribution in [2.24, 2.45) is 0 Å². The Morgan fingerprint density at radius 1 is 1.08 bits per heavy atom. The Hall–Kier alpha value is -4.18. The lowest BCUT2D eigenvalue weighted by Crippen LogP contribution is -2.29. The molecule has 1 amide bonds. The maximum Gasteiger partial charge on any atom is 0.350 e. The minimum Gasteiger partial charge on any atom is -0.507 e. The van der Waals surface area contributed by atoms with E-state index in [0.29, 0.717) is 40.5 Å². The summed E-state index contributed by atoms with van der Waals surface area (Å²) in [6, 6.07) is 11.0. The van der Waals surface area contributed by atoms with Crippen LogP contribution in [0.4, 0.5) is 5.13 Å². The first-order valence-corrected chi connectivity index (χ1v) is 12.8. The van der Waals surface area contributed by atoms with Crippen molar-refractivity contribution in [3.8, 4) is 11.5 Å². The van der Waals surface area contributed by atoms with E-state index in [0.717, 1.165) is 17.8 Å². The summed E-state index contributed by atoms with van der Waals surface area (Å²) in [6.07, 6.45) is 0.847. The van der Waals surface area contributed by atoms with Gasteiger partial charge in [0.15, 0.2) is 5.13 Å². The molecule has 2 aromatic carbocycles. The molecule has 4 rings (SSSR count). The molecule has 3 aromatic rings. The van der Waals surface area contributed by atoms with Crippen molar-refractivity contribution in [3.05, 3.63) is 75.3 Å². The number of carbonyl (C=O) groups is 3. The standard InChI is InChI=1S/C28H28N2O7S/c1-6-13-37-19-11-12-20(15(2)14-19)23(31)21-22(17-7-9-18(35-4)10-8-17)30(26(33)24(21)32)28-29-16(3)25(38-28)27(34)36-5/h7-12,14,22,31H,6,13H2,1-5H3/b23-21-. The highest BCUT2D eigenvalue weighted by atomic mass is 32.1. The predicted molar refractivity (Wildman–Crippen MR) is 143 cm³/mol. The van der Waals surface area contributed by atoms with E-state index in [1.165, 1.54) is 19.1 Å². The molecule has 1 aliphatic rings. The average Bonchev–Trinajstić information content (AvgIpc) is 3.43. The van der Waals surface area contributed by atoms with Crippen molar-refractivity contribution in [1.29, 1.82) is 0 Å². The number of nitrogens with zero attached hydrogens (tertiary/aromatic N) is 2. The van der Waals surface area contributed by atoms with Crippen LogP contribution in [-0.4, -0.2) is 48.6 Å². The lowest BCUT2D eigenvalue weighted by atomic mass is 9.94. The third-order valence-corrected chi connectivity index (χ3v) is 7.30. The lowest BCUT2D eigenvalue weighted by molar-refractivity contribution is -0.132. The van der Waals surface area contributed by atoms with Gasteiger partial charge in [-0.1, -0.05) is 30.4 Å². The van der Waals surface area contributed by atoms with Crippen LogP contribution in [0.5, 0.6) is 11.5 Å². The molecule has 2 heterocycles. The highest BCUT2D eigenvalue weighted by Gasteiger charge is 2.48. The lowest BCUT2D eigenvalue weighted by Gasteiger charge is -2.23. The van der Waals surface area contributed by atoms with E-state index < -0.39 is 23.7 Å². The van der Waals surface area contributed by atoms with Crippen LogP contribution < -0.4 is 14.4 Å². The maximum atomic E-state index is 13.4. The molecule has 1 N–H and O–H groups in total. The van der Waals surface area contributed by atoms with E-state index in [9.17, 15) is 19.5 Å². The first-order chi connectivity index (χ1) is 18.2. The van der Waals surface area contributed by atoms with Crippen LogP contribution in [-0.2, 0) is 14.3 Å². The Labute approximate surface area is 224 Å². The Morgan fingerprint density at radius 3 is 2.37 bits per heavy atom. The molecule has 0 radical (unpaired) electrons. The number of ether oxygens (including phenoxy) is 3. The van der Waals surface area contributed by atoms with E-state index >= 15 is 0 Å². The number of hydrogen-bond donors (Lipinski definition) is 1. The molecule has 0 bridgehead atoms. The summed E-state index contributed by atoms with van der Waals surface area (Å²) in [5.74, 6) is -1.40. The number of carbonyl (C=O) groups excluding carboxylic acids is 3. The number of Topliss-reactive ketones (excluding diaryl/α,β-unsaturated/α-hetero) is 1. The number of esters is 1. The number of rotatable bonds is 8. The molecule has 0 aliphatic carbocycles. The summed E-state index contributed by atoms with van der Waals surface area (Å²) in [7, 11) is 2.79. The zero-order valence-electron chi connectivity index (χ0n) is 21.7. The summed E-state index contributed by atoms with van der Waals surface area (Å²) in [4.78, 5) is 44.9. The van der Waals surface area contributed by atoms with Gasteiger partial charge in [-0.15, -0.1) is 0 Å². The first-order valence-electron chi connectivity index (χ1n) is 12.0. The van der Waals surface area contributed by atoms with Crippen LogP contribution in [0.25, 0.3) is 5.76 Å². The number of thiazole rings is 1. The minimum atomic E-state index is -0.993. The third kappa shape index (κ3) is 4.87. The molecule has 1 fully saturated rings. The van der Waals surface area contributed by atoms with Gasteiger partial charge in [0.2, 0.25) is 0 Å². The van der Waals surface area contributed by atoms with Gasteiger partial charge in [-0.3, -0.25) is 14.5 Å². The van der Waals surface area contributed by atoms with E-state index in [-0.39, 0.29) is 21.3 Å². The van der Waals surface area contributed by atoms with Crippen molar-refractivity contribution in [1.82, 2.24) is 4.98 Å². The van der Waals surface area contributed by atoms with Crippen LogP contribution in [0.3, 0.4) is 0 Å². The van der Waals surface area contributed by atoms with Gasteiger partial charge >= 0.3 is 11.9 Å². The van der Waals surface area contributed by atoms with Gasteiger partial charge in [-0.2, -0.15) is 0 Å². The molecule has 9 nitrogen and oxygen atoms in total. The van der Waals surface area contributed by atoms with Crippen LogP contribution >= 0.6 is 11.3 Å². The van der Waals surface area contributed by atoms with Crippen molar-refractivity contribution >= 4 is 39.9 Å². The van der Waals surface area contributed by atoms with E-state index in [2.05, 4.69) is 4.98 Å². The molecule has 1 aromatic heterocycles. The second-order valence-corrected chi connectivity index (χ2v) is 9.65. The highest BCUT2D eigenvalue weighted by Crippen LogP contribution is 2.44. The second kappa shape index (κ2) is 11.1. The molecule has 0 saturated carbocycles. The Balaban J connectivity index is 1.89. The van der Waals surface area contributed by atoms with Crippen LogP contribution in [0, 0.1) is 13.8 Å². The fraction of sp³-hybridized carbons (Fsp3) is 0.286. The number of amides is 1. The topological polar surface area (TPSA) is 115 Å². The van der Waals surface area contributed by atoms with Gasteiger partial charge in [0.1, 0.15) is 22.1 Å².